The van der Waals surface area contributed by atoms with Gasteiger partial charge in [-0.25, -0.2) is 9.59 Å². The van der Waals surface area contributed by atoms with Crippen molar-refractivity contribution < 1.29 is 71.5 Å². The monoisotopic (exact) mass is 702 g/mol. The summed E-state index contributed by atoms with van der Waals surface area (Å²) < 4.78 is 43.3. The Balaban J connectivity index is 1.48. The Labute approximate surface area is 289 Å². The molecule has 0 fully saturated rings. The average molecular weight is 703 g/mol. The van der Waals surface area contributed by atoms with Gasteiger partial charge in [0.1, 0.15) is 36.2 Å². The highest BCUT2D eigenvalue weighted by Crippen LogP contribution is 2.58. The van der Waals surface area contributed by atoms with Crippen LogP contribution in [0, 0.1) is 0 Å². The minimum atomic E-state index is -1.75. The Hall–Kier alpha value is -6.25. The smallest absolute Gasteiger partial charge is 0.340 e. The Kier molecular flexibility index (Phi) is 9.46. The van der Waals surface area contributed by atoms with Crippen molar-refractivity contribution in [2.75, 3.05) is 20.0 Å². The summed E-state index contributed by atoms with van der Waals surface area (Å²) in [5, 5.41) is 0. The lowest BCUT2D eigenvalue weighted by atomic mass is 9.75. The quantitative estimate of drug-likeness (QED) is 0.0974. The first kappa shape index (κ1) is 34.6. The molecule has 15 nitrogen and oxygen atoms in total. The van der Waals surface area contributed by atoms with E-state index in [-0.39, 0.29) is 77.7 Å². The van der Waals surface area contributed by atoms with Gasteiger partial charge in [0, 0.05) is 56.0 Å². The van der Waals surface area contributed by atoms with Crippen LogP contribution in [-0.2, 0) is 66.1 Å². The lowest BCUT2D eigenvalue weighted by molar-refractivity contribution is -0.165. The minimum Gasteiger partial charge on any atom is -0.462 e. The van der Waals surface area contributed by atoms with E-state index in [9.17, 15) is 33.6 Å². The van der Waals surface area contributed by atoms with Crippen LogP contribution < -0.4 is 14.2 Å². The van der Waals surface area contributed by atoms with Gasteiger partial charge in [-0.15, -0.1) is 0 Å². The maximum atomic E-state index is 13.6. The fourth-order valence-corrected chi connectivity index (χ4v) is 6.02. The Morgan fingerprint density at radius 3 is 2.20 bits per heavy atom. The fourth-order valence-electron chi connectivity index (χ4n) is 6.02. The summed E-state index contributed by atoms with van der Waals surface area (Å²) in [5.41, 5.74) is 0.291. The first-order valence-corrected chi connectivity index (χ1v) is 15.7. The molecule has 3 heterocycles. The summed E-state index contributed by atoms with van der Waals surface area (Å²) in [5.74, 6) is -3.94. The van der Waals surface area contributed by atoms with E-state index in [1.54, 1.807) is 12.1 Å². The molecule has 0 aromatic heterocycles. The van der Waals surface area contributed by atoms with E-state index in [4.69, 9.17) is 33.2 Å². The molecule has 1 spiro atoms. The summed E-state index contributed by atoms with van der Waals surface area (Å²) >= 11 is 0. The average Bonchev–Trinajstić information content (AvgIpc) is 3.36. The molecule has 0 aliphatic carbocycles. The number of hydrogen-bond acceptors (Lipinski definition) is 15. The van der Waals surface area contributed by atoms with Crippen LogP contribution in [0.25, 0.3) is 0 Å². The molecule has 1 atom stereocenters. The van der Waals surface area contributed by atoms with Crippen molar-refractivity contribution in [1.82, 2.24) is 0 Å². The number of aryl methyl sites for hydroxylation is 2. The van der Waals surface area contributed by atoms with Gasteiger partial charge in [0.15, 0.2) is 5.60 Å². The third-order valence-corrected chi connectivity index (χ3v) is 8.18. The van der Waals surface area contributed by atoms with Crippen LogP contribution >= 0.6 is 0 Å². The first-order valence-electron chi connectivity index (χ1n) is 15.7. The Morgan fingerprint density at radius 1 is 0.725 bits per heavy atom. The largest absolute Gasteiger partial charge is 0.462 e. The van der Waals surface area contributed by atoms with Gasteiger partial charge in [0.05, 0.1) is 17.5 Å². The van der Waals surface area contributed by atoms with Gasteiger partial charge < -0.3 is 37.9 Å². The molecule has 0 radical (unpaired) electrons. The van der Waals surface area contributed by atoms with Crippen molar-refractivity contribution in [2.24, 2.45) is 0 Å². The van der Waals surface area contributed by atoms with E-state index in [0.717, 1.165) is 6.92 Å². The maximum absolute atomic E-state index is 13.6. The zero-order chi connectivity index (χ0) is 36.4. The second-order valence-electron chi connectivity index (χ2n) is 11.7. The van der Waals surface area contributed by atoms with E-state index in [1.165, 1.54) is 44.2 Å². The molecule has 6 rings (SSSR count). The van der Waals surface area contributed by atoms with Crippen molar-refractivity contribution in [3.8, 4) is 23.0 Å². The molecule has 51 heavy (non-hydrogen) atoms. The maximum Gasteiger partial charge on any atom is 0.340 e. The van der Waals surface area contributed by atoms with Gasteiger partial charge >= 0.3 is 41.8 Å². The molecular weight excluding hydrogens is 672 g/mol. The van der Waals surface area contributed by atoms with Crippen molar-refractivity contribution in [3.05, 3.63) is 81.4 Å². The van der Waals surface area contributed by atoms with Gasteiger partial charge in [-0.1, -0.05) is 0 Å². The lowest BCUT2D eigenvalue weighted by Crippen LogP contribution is -2.34. The van der Waals surface area contributed by atoms with E-state index >= 15 is 0 Å². The number of carbonyl (C=O) groups is 7. The van der Waals surface area contributed by atoms with Crippen LogP contribution in [-0.4, -0.2) is 61.8 Å². The normalized spacial score (nSPS) is 16.2. The molecular formula is C36H30O15. The van der Waals surface area contributed by atoms with Crippen LogP contribution in [0.4, 0.5) is 0 Å². The number of benzene rings is 3. The summed E-state index contributed by atoms with van der Waals surface area (Å²) in [4.78, 5) is 85.8. The topological polar surface area (TPSA) is 193 Å². The third-order valence-electron chi connectivity index (χ3n) is 8.18. The molecule has 1 unspecified atom stereocenters. The molecule has 264 valence electrons. The van der Waals surface area contributed by atoms with Crippen molar-refractivity contribution in [1.29, 1.82) is 0 Å². The standard InChI is InChI=1S/C36H30O15/c1-18(37)44-10-11-45-34(42)23-4-7-24-25(14-23)36(51-35(24)43)26-12-21(5-8-32(40)47-17-46-19(2)38)28(48-20(3)39)15-30(26)49-31-16-29-22(13-27(31)36)6-9-33(41)50-29/h4,7,12-16H,5-6,8-11,17H2,1-3H3. The molecule has 3 aromatic rings. The molecule has 0 bridgehead atoms. The number of carbonyl (C=O) groups excluding carboxylic acids is 7. The molecule has 0 amide bonds. The van der Waals surface area contributed by atoms with Gasteiger partial charge in [-0.2, -0.15) is 0 Å². The van der Waals surface area contributed by atoms with Gasteiger partial charge in [0.2, 0.25) is 6.79 Å². The first-order chi connectivity index (χ1) is 24.3. The second kappa shape index (κ2) is 13.9. The SMILES string of the molecule is CC(=O)OCCOC(=O)c1ccc2c(c1)C1(OC2=O)c2cc(CCC(=O)OCOC(C)=O)c(OC(C)=O)cc2Oc2cc3c(cc21)CCC(=O)O3. The number of esters is 7. The highest BCUT2D eigenvalue weighted by molar-refractivity contribution is 5.99. The van der Waals surface area contributed by atoms with Crippen LogP contribution in [0.5, 0.6) is 23.0 Å². The third kappa shape index (κ3) is 6.95. The molecule has 3 aliphatic rings. The molecule has 0 saturated heterocycles. The number of fused-ring (bicyclic) bond motifs is 7. The summed E-state index contributed by atoms with van der Waals surface area (Å²) in [6, 6.07) is 10.5. The summed E-state index contributed by atoms with van der Waals surface area (Å²) in [6.45, 7) is 2.63. The Bertz CT molecular complexity index is 2010. The molecule has 3 aromatic carbocycles. The fraction of sp³-hybridized carbons (Fsp3) is 0.306. The van der Waals surface area contributed by atoms with Crippen molar-refractivity contribution in [3.63, 3.8) is 0 Å². The van der Waals surface area contributed by atoms with Crippen LogP contribution in [0.2, 0.25) is 0 Å². The zero-order valence-corrected chi connectivity index (χ0v) is 27.6. The van der Waals surface area contributed by atoms with Crippen LogP contribution in [0.15, 0.2) is 42.5 Å². The summed E-state index contributed by atoms with van der Waals surface area (Å²) in [7, 11) is 0. The zero-order valence-electron chi connectivity index (χ0n) is 27.6. The van der Waals surface area contributed by atoms with Crippen molar-refractivity contribution in [2.45, 2.75) is 52.1 Å². The number of hydrogen-bond donors (Lipinski definition) is 0. The summed E-state index contributed by atoms with van der Waals surface area (Å²) in [6.07, 6.45) is 0.177. The van der Waals surface area contributed by atoms with Gasteiger partial charge in [0.25, 0.3) is 0 Å². The van der Waals surface area contributed by atoms with Crippen LogP contribution in [0.3, 0.4) is 0 Å². The predicted molar refractivity (Wildman–Crippen MR) is 168 cm³/mol. The molecule has 0 saturated carbocycles. The second-order valence-corrected chi connectivity index (χ2v) is 11.7. The number of ether oxygens (including phenoxy) is 8. The molecule has 0 N–H and O–H groups in total. The molecule has 3 aliphatic heterocycles. The lowest BCUT2D eigenvalue weighted by Gasteiger charge is -2.38. The van der Waals surface area contributed by atoms with E-state index in [1.807, 2.05) is 0 Å². The van der Waals surface area contributed by atoms with E-state index in [2.05, 4.69) is 4.74 Å². The highest BCUT2D eigenvalue weighted by atomic mass is 16.7. The highest BCUT2D eigenvalue weighted by Gasteiger charge is 2.54. The van der Waals surface area contributed by atoms with Crippen LogP contribution in [0.1, 0.15) is 82.1 Å². The van der Waals surface area contributed by atoms with Gasteiger partial charge in [-0.05, 0) is 54.3 Å². The van der Waals surface area contributed by atoms with Crippen molar-refractivity contribution >= 4 is 41.8 Å². The number of rotatable bonds is 10. The molecule has 15 heteroatoms. The van der Waals surface area contributed by atoms with E-state index in [0.29, 0.717) is 23.1 Å². The Morgan fingerprint density at radius 2 is 1.45 bits per heavy atom. The minimum absolute atomic E-state index is 0.0340. The predicted octanol–water partition coefficient (Wildman–Crippen LogP) is 3.75. The van der Waals surface area contributed by atoms with E-state index < -0.39 is 54.2 Å². The van der Waals surface area contributed by atoms with Gasteiger partial charge in [-0.3, -0.25) is 24.0 Å².